The van der Waals surface area contributed by atoms with Crippen LogP contribution in [-0.4, -0.2) is 39.1 Å². The van der Waals surface area contributed by atoms with Crippen LogP contribution in [0.2, 0.25) is 0 Å². The highest BCUT2D eigenvalue weighted by atomic mass is 32.2. The van der Waals surface area contributed by atoms with Gasteiger partial charge in [-0.2, -0.15) is 13.2 Å². The second-order valence-electron chi connectivity index (χ2n) is 8.25. The maximum Gasteiger partial charge on any atom is 0.406 e. The Hall–Kier alpha value is -4.10. The summed E-state index contributed by atoms with van der Waals surface area (Å²) in [5.41, 5.74) is 2.62. The van der Waals surface area contributed by atoms with E-state index in [0.717, 1.165) is 16.5 Å². The molecule has 0 bridgehead atoms. The van der Waals surface area contributed by atoms with Gasteiger partial charge in [-0.05, 0) is 48.4 Å². The number of nitrogens with zero attached hydrogens (tertiary/aromatic N) is 1. The van der Waals surface area contributed by atoms with Crippen molar-refractivity contribution in [2.24, 2.45) is 0 Å². The zero-order valence-electron chi connectivity index (χ0n) is 20.1. The first-order valence-electron chi connectivity index (χ1n) is 11.2. The molecule has 0 saturated carbocycles. The molecule has 0 amide bonds. The van der Waals surface area contributed by atoms with E-state index in [-0.39, 0.29) is 17.1 Å². The number of para-hydroxylation sites is 1. The first kappa shape index (κ1) is 26.0. The highest BCUT2D eigenvalue weighted by Crippen LogP contribution is 2.32. The number of anilines is 3. The van der Waals surface area contributed by atoms with Crippen LogP contribution in [0, 0.1) is 11.8 Å². The van der Waals surface area contributed by atoms with Gasteiger partial charge in [0, 0.05) is 29.1 Å². The number of ether oxygens (including phenoxy) is 1. The largest absolute Gasteiger partial charge is 0.495 e. The van der Waals surface area contributed by atoms with Crippen LogP contribution in [0.15, 0.2) is 77.7 Å². The Balaban J connectivity index is 1.63. The van der Waals surface area contributed by atoms with Crippen molar-refractivity contribution in [2.75, 3.05) is 30.5 Å². The number of nitrogens with one attached hydrogen (secondary N) is 2. The molecule has 10 heteroatoms. The Labute approximate surface area is 213 Å². The van der Waals surface area contributed by atoms with Gasteiger partial charge in [0.2, 0.25) is 0 Å². The number of sulfone groups is 1. The monoisotopic (exact) mass is 527 g/mol. The summed E-state index contributed by atoms with van der Waals surface area (Å²) >= 11 is 0. The zero-order valence-corrected chi connectivity index (χ0v) is 20.9. The van der Waals surface area contributed by atoms with Gasteiger partial charge in [-0.3, -0.25) is 0 Å². The summed E-state index contributed by atoms with van der Waals surface area (Å²) in [4.78, 5) is 0.109. The molecule has 0 atom stereocenters. The first-order chi connectivity index (χ1) is 17.5. The normalized spacial score (nSPS) is 11.6. The van der Waals surface area contributed by atoms with Gasteiger partial charge < -0.3 is 19.9 Å². The van der Waals surface area contributed by atoms with E-state index < -0.39 is 22.6 Å². The third kappa shape index (κ3) is 6.37. The molecule has 0 radical (unpaired) electrons. The van der Waals surface area contributed by atoms with E-state index in [9.17, 15) is 21.6 Å². The third-order valence-corrected chi connectivity index (χ3v) is 6.63. The number of hydrogen-bond acceptors (Lipinski definition) is 5. The Kier molecular flexibility index (Phi) is 7.36. The molecule has 0 aliphatic heterocycles. The summed E-state index contributed by atoms with van der Waals surface area (Å²) in [6.07, 6.45) is -3.33. The summed E-state index contributed by atoms with van der Waals surface area (Å²) in [5, 5.41) is 6.89. The van der Waals surface area contributed by atoms with Crippen LogP contribution in [0.1, 0.15) is 5.69 Å². The Morgan fingerprint density at radius 2 is 1.73 bits per heavy atom. The van der Waals surface area contributed by atoms with Crippen molar-refractivity contribution < 1.29 is 26.3 Å². The van der Waals surface area contributed by atoms with Crippen molar-refractivity contribution in [2.45, 2.75) is 17.6 Å². The number of benzene rings is 3. The minimum Gasteiger partial charge on any atom is -0.495 e. The Morgan fingerprint density at radius 3 is 2.41 bits per heavy atom. The smallest absolute Gasteiger partial charge is 0.406 e. The molecule has 4 aromatic rings. The van der Waals surface area contributed by atoms with E-state index in [4.69, 9.17) is 4.74 Å². The minimum atomic E-state index is -4.43. The van der Waals surface area contributed by atoms with Gasteiger partial charge >= 0.3 is 6.18 Å². The van der Waals surface area contributed by atoms with Crippen molar-refractivity contribution in [3.05, 3.63) is 78.5 Å². The van der Waals surface area contributed by atoms with Gasteiger partial charge in [-0.1, -0.05) is 30.2 Å². The molecule has 4 rings (SSSR count). The highest BCUT2D eigenvalue weighted by Gasteiger charge is 2.30. The molecule has 192 valence electrons. The van der Waals surface area contributed by atoms with Gasteiger partial charge in [-0.25, -0.2) is 8.42 Å². The SMILES string of the molecule is COc1cc(S(C)(=O)=O)ccc1NCC#Cc1cc2c(Nc3ccccc3)cccc2n1CC(F)(F)F. The van der Waals surface area contributed by atoms with E-state index in [1.165, 1.54) is 19.2 Å². The van der Waals surface area contributed by atoms with Gasteiger partial charge in [0.1, 0.15) is 12.3 Å². The predicted molar refractivity (Wildman–Crippen MR) is 139 cm³/mol. The minimum absolute atomic E-state index is 0.0945. The number of aromatic nitrogens is 1. The second-order valence-corrected chi connectivity index (χ2v) is 10.3. The first-order valence-corrected chi connectivity index (χ1v) is 13.1. The molecule has 3 aromatic carbocycles. The molecule has 6 nitrogen and oxygen atoms in total. The van der Waals surface area contributed by atoms with Crippen LogP contribution in [0.25, 0.3) is 10.9 Å². The van der Waals surface area contributed by atoms with E-state index >= 15 is 0 Å². The second kappa shape index (κ2) is 10.5. The van der Waals surface area contributed by atoms with E-state index in [0.29, 0.717) is 28.0 Å². The standard InChI is InChI=1S/C27H24F3N3O3S/c1-36-26-17-21(37(2,34)35)13-14-24(26)31-15-7-10-20-16-22-23(32-19-8-4-3-5-9-19)11-6-12-25(22)33(20)18-27(28,29)30/h3-6,8-9,11-14,16-17,31-32H,15,18H2,1-2H3. The van der Waals surface area contributed by atoms with Crippen molar-refractivity contribution in [1.29, 1.82) is 0 Å². The molecule has 37 heavy (non-hydrogen) atoms. The van der Waals surface area contributed by atoms with Crippen LogP contribution < -0.4 is 15.4 Å². The number of halogens is 3. The van der Waals surface area contributed by atoms with Gasteiger partial charge in [-0.15, -0.1) is 0 Å². The van der Waals surface area contributed by atoms with Gasteiger partial charge in [0.15, 0.2) is 9.84 Å². The van der Waals surface area contributed by atoms with Crippen LogP contribution >= 0.6 is 0 Å². The molecule has 1 heterocycles. The molecular formula is C27H24F3N3O3S. The molecule has 0 fully saturated rings. The van der Waals surface area contributed by atoms with Crippen LogP contribution in [-0.2, 0) is 16.4 Å². The maximum absolute atomic E-state index is 13.4. The third-order valence-electron chi connectivity index (χ3n) is 5.52. The summed E-state index contributed by atoms with van der Waals surface area (Å²) in [6, 6.07) is 20.5. The molecule has 2 N–H and O–H groups in total. The quantitative estimate of drug-likeness (QED) is 0.296. The highest BCUT2D eigenvalue weighted by molar-refractivity contribution is 7.90. The molecule has 0 spiro atoms. The van der Waals surface area contributed by atoms with Crippen LogP contribution in [0.5, 0.6) is 5.75 Å². The average Bonchev–Trinajstić information content (AvgIpc) is 3.18. The van der Waals surface area contributed by atoms with Crippen LogP contribution in [0.4, 0.5) is 30.2 Å². The van der Waals surface area contributed by atoms with E-state index in [1.807, 2.05) is 30.3 Å². The fraction of sp³-hybridized carbons (Fsp3) is 0.185. The average molecular weight is 528 g/mol. The fourth-order valence-electron chi connectivity index (χ4n) is 3.85. The summed E-state index contributed by atoms with van der Waals surface area (Å²) in [5.74, 6) is 6.02. The lowest BCUT2D eigenvalue weighted by Gasteiger charge is -2.12. The summed E-state index contributed by atoms with van der Waals surface area (Å²) < 4.78 is 70.3. The number of methoxy groups -OCH3 is 1. The number of alkyl halides is 3. The summed E-state index contributed by atoms with van der Waals surface area (Å²) in [7, 11) is -1.99. The lowest BCUT2D eigenvalue weighted by Crippen LogP contribution is -2.18. The van der Waals surface area contributed by atoms with Gasteiger partial charge in [0.25, 0.3) is 0 Å². The van der Waals surface area contributed by atoms with Crippen molar-refractivity contribution in [3.8, 4) is 17.6 Å². The van der Waals surface area contributed by atoms with E-state index in [2.05, 4.69) is 22.5 Å². The maximum atomic E-state index is 13.4. The lowest BCUT2D eigenvalue weighted by atomic mass is 10.2. The Morgan fingerprint density at radius 1 is 0.973 bits per heavy atom. The Bertz CT molecular complexity index is 1590. The lowest BCUT2D eigenvalue weighted by molar-refractivity contribution is -0.140. The topological polar surface area (TPSA) is 72.4 Å². The molecule has 0 saturated heterocycles. The molecular weight excluding hydrogens is 503 g/mol. The van der Waals surface area contributed by atoms with Crippen molar-refractivity contribution in [3.63, 3.8) is 0 Å². The number of fused-ring (bicyclic) bond motifs is 1. The molecule has 1 aromatic heterocycles. The molecule has 0 aliphatic rings. The zero-order chi connectivity index (χ0) is 26.6. The molecule has 0 aliphatic carbocycles. The number of hydrogen-bond donors (Lipinski definition) is 2. The summed E-state index contributed by atoms with van der Waals surface area (Å²) in [6.45, 7) is -1.08. The molecule has 0 unspecified atom stereocenters. The predicted octanol–water partition coefficient (Wildman–Crippen LogP) is 5.82. The van der Waals surface area contributed by atoms with E-state index in [1.54, 1.807) is 30.3 Å². The van der Waals surface area contributed by atoms with Gasteiger partial charge in [0.05, 0.1) is 35.4 Å². The van der Waals surface area contributed by atoms with Crippen LogP contribution in [0.3, 0.4) is 0 Å². The fourth-order valence-corrected chi connectivity index (χ4v) is 4.48. The van der Waals surface area contributed by atoms with Crippen molar-refractivity contribution in [1.82, 2.24) is 4.57 Å². The number of rotatable bonds is 7. The van der Waals surface area contributed by atoms with Crippen molar-refractivity contribution >= 4 is 37.8 Å².